The molecule has 0 aromatic heterocycles. The summed E-state index contributed by atoms with van der Waals surface area (Å²) in [4.78, 5) is 29.2. The Bertz CT molecular complexity index is 1060. The molecule has 0 aliphatic carbocycles. The molecule has 2 aliphatic rings. The highest BCUT2D eigenvalue weighted by Gasteiger charge is 2.39. The van der Waals surface area contributed by atoms with Gasteiger partial charge in [-0.25, -0.2) is 8.78 Å². The van der Waals surface area contributed by atoms with Crippen molar-refractivity contribution >= 4 is 11.8 Å². The largest absolute Gasteiger partial charge is 0.497 e. The third kappa shape index (κ3) is 6.36. The monoisotopic (exact) mass is 485 g/mol. The number of benzene rings is 2. The number of methoxy groups -OCH3 is 1. The lowest BCUT2D eigenvalue weighted by atomic mass is 9.84. The molecule has 1 atom stereocenters. The van der Waals surface area contributed by atoms with E-state index < -0.39 is 5.54 Å². The summed E-state index contributed by atoms with van der Waals surface area (Å²) in [7, 11) is 1.53. The molecule has 2 amide bonds. The van der Waals surface area contributed by atoms with E-state index >= 15 is 0 Å². The van der Waals surface area contributed by atoms with Crippen LogP contribution in [0.4, 0.5) is 8.78 Å². The number of hydrogen-bond acceptors (Lipinski definition) is 4. The normalized spacial score (nSPS) is 21.0. The van der Waals surface area contributed by atoms with Crippen LogP contribution in [0.2, 0.25) is 0 Å². The number of amides is 2. The number of halogens is 2. The molecule has 8 heteroatoms. The van der Waals surface area contributed by atoms with E-state index in [9.17, 15) is 18.4 Å². The van der Waals surface area contributed by atoms with Crippen molar-refractivity contribution in [2.75, 3.05) is 33.3 Å². The van der Waals surface area contributed by atoms with E-state index in [-0.39, 0.29) is 29.9 Å². The van der Waals surface area contributed by atoms with Gasteiger partial charge in [0.2, 0.25) is 11.8 Å². The van der Waals surface area contributed by atoms with Crippen LogP contribution >= 0.6 is 0 Å². The standard InChI is InChI=1S/C27H33F2N3O3/c1-35-22-7-8-24(29)21(17-22)18-27(11-9-25(33)30-27)12-10-26(34)32-14-4-13-31(15-16-32)19-20-5-2-3-6-23(20)28/h2-3,5-8,17H,4,9-16,18-19H2,1H3,(H,30,33)/t27-/m1/s1. The molecule has 0 unspecified atom stereocenters. The summed E-state index contributed by atoms with van der Waals surface area (Å²) in [6.07, 6.45) is 2.78. The predicted octanol–water partition coefficient (Wildman–Crippen LogP) is 3.68. The van der Waals surface area contributed by atoms with Crippen molar-refractivity contribution in [1.29, 1.82) is 0 Å². The molecular weight excluding hydrogens is 452 g/mol. The first-order valence-electron chi connectivity index (χ1n) is 12.2. The fourth-order valence-corrected chi connectivity index (χ4v) is 5.11. The minimum Gasteiger partial charge on any atom is -0.497 e. The second-order valence-corrected chi connectivity index (χ2v) is 9.56. The first-order valence-corrected chi connectivity index (χ1v) is 12.2. The van der Waals surface area contributed by atoms with Gasteiger partial charge in [0.1, 0.15) is 17.4 Å². The van der Waals surface area contributed by atoms with Gasteiger partial charge >= 0.3 is 0 Å². The second kappa shape index (κ2) is 11.2. The molecule has 188 valence electrons. The number of nitrogens with one attached hydrogen (secondary N) is 1. The molecule has 1 N–H and O–H groups in total. The summed E-state index contributed by atoms with van der Waals surface area (Å²) in [5, 5.41) is 3.03. The lowest BCUT2D eigenvalue weighted by molar-refractivity contribution is -0.131. The molecule has 2 saturated heterocycles. The Morgan fingerprint density at radius 1 is 1.06 bits per heavy atom. The molecule has 2 aromatic carbocycles. The third-order valence-corrected chi connectivity index (χ3v) is 7.13. The fraction of sp³-hybridized carbons (Fsp3) is 0.481. The van der Waals surface area contributed by atoms with Crippen LogP contribution in [0.5, 0.6) is 5.75 Å². The number of carbonyl (C=O) groups is 2. The molecule has 0 bridgehead atoms. The van der Waals surface area contributed by atoms with Crippen molar-refractivity contribution in [3.05, 3.63) is 65.2 Å². The van der Waals surface area contributed by atoms with Gasteiger partial charge in [0, 0.05) is 56.7 Å². The molecule has 4 rings (SSSR count). The SMILES string of the molecule is COc1ccc(F)c(C[C@]2(CCC(=O)N3CCCN(Cc4ccccc4F)CC3)CCC(=O)N2)c1. The van der Waals surface area contributed by atoms with Crippen molar-refractivity contribution in [2.24, 2.45) is 0 Å². The Labute approximate surface area is 205 Å². The van der Waals surface area contributed by atoms with Crippen molar-refractivity contribution < 1.29 is 23.1 Å². The lowest BCUT2D eigenvalue weighted by Crippen LogP contribution is -2.45. The van der Waals surface area contributed by atoms with Gasteiger partial charge < -0.3 is 15.0 Å². The van der Waals surface area contributed by atoms with Crippen LogP contribution in [-0.4, -0.2) is 60.4 Å². The second-order valence-electron chi connectivity index (χ2n) is 9.56. The van der Waals surface area contributed by atoms with Crippen LogP contribution in [0.1, 0.15) is 43.2 Å². The highest BCUT2D eigenvalue weighted by Crippen LogP contribution is 2.32. The molecular formula is C27H33F2N3O3. The number of nitrogens with zero attached hydrogens (tertiary/aromatic N) is 2. The van der Waals surface area contributed by atoms with Crippen LogP contribution in [0, 0.1) is 11.6 Å². The summed E-state index contributed by atoms with van der Waals surface area (Å²) in [5.74, 6) is -0.0358. The summed E-state index contributed by atoms with van der Waals surface area (Å²) < 4.78 is 33.8. The first-order chi connectivity index (χ1) is 16.9. The van der Waals surface area contributed by atoms with Gasteiger partial charge in [0.25, 0.3) is 0 Å². The molecule has 2 fully saturated rings. The Morgan fingerprint density at radius 3 is 2.60 bits per heavy atom. The summed E-state index contributed by atoms with van der Waals surface area (Å²) >= 11 is 0. The van der Waals surface area contributed by atoms with Crippen LogP contribution in [-0.2, 0) is 22.6 Å². The molecule has 6 nitrogen and oxygen atoms in total. The van der Waals surface area contributed by atoms with Gasteiger partial charge in [-0.1, -0.05) is 18.2 Å². The average molecular weight is 486 g/mol. The number of ether oxygens (including phenoxy) is 1. The average Bonchev–Trinajstić information content (AvgIpc) is 3.06. The minimum absolute atomic E-state index is 0.0318. The van der Waals surface area contributed by atoms with Gasteiger partial charge in [0.05, 0.1) is 7.11 Å². The van der Waals surface area contributed by atoms with Gasteiger partial charge in [-0.15, -0.1) is 0 Å². The number of carbonyl (C=O) groups excluding carboxylic acids is 2. The third-order valence-electron chi connectivity index (χ3n) is 7.13. The van der Waals surface area contributed by atoms with Crippen molar-refractivity contribution in [2.45, 2.75) is 50.6 Å². The van der Waals surface area contributed by atoms with Crippen LogP contribution in [0.15, 0.2) is 42.5 Å². The van der Waals surface area contributed by atoms with Gasteiger partial charge in [-0.05, 0) is 55.5 Å². The van der Waals surface area contributed by atoms with Gasteiger partial charge in [0.15, 0.2) is 0 Å². The van der Waals surface area contributed by atoms with Crippen molar-refractivity contribution in [1.82, 2.24) is 15.1 Å². The molecule has 2 heterocycles. The topological polar surface area (TPSA) is 61.9 Å². The van der Waals surface area contributed by atoms with Crippen molar-refractivity contribution in [3.63, 3.8) is 0 Å². The Balaban J connectivity index is 1.36. The lowest BCUT2D eigenvalue weighted by Gasteiger charge is -2.31. The fourth-order valence-electron chi connectivity index (χ4n) is 5.11. The summed E-state index contributed by atoms with van der Waals surface area (Å²) in [6.45, 7) is 3.23. The van der Waals surface area contributed by atoms with Crippen LogP contribution < -0.4 is 10.1 Å². The number of rotatable bonds is 8. The molecule has 35 heavy (non-hydrogen) atoms. The summed E-state index contributed by atoms with van der Waals surface area (Å²) in [6, 6.07) is 11.4. The Kier molecular flexibility index (Phi) is 8.00. The first kappa shape index (κ1) is 25.1. The van der Waals surface area contributed by atoms with E-state index in [0.29, 0.717) is 68.7 Å². The molecule has 0 spiro atoms. The summed E-state index contributed by atoms with van der Waals surface area (Å²) in [5.41, 5.74) is 0.483. The molecule has 2 aromatic rings. The van der Waals surface area contributed by atoms with Crippen LogP contribution in [0.25, 0.3) is 0 Å². The zero-order valence-corrected chi connectivity index (χ0v) is 20.2. The zero-order valence-electron chi connectivity index (χ0n) is 20.2. The van der Waals surface area contributed by atoms with E-state index in [1.54, 1.807) is 24.3 Å². The zero-order chi connectivity index (χ0) is 24.8. The highest BCUT2D eigenvalue weighted by molar-refractivity contribution is 5.80. The number of hydrogen-bond donors (Lipinski definition) is 1. The molecule has 2 aliphatic heterocycles. The quantitative estimate of drug-likeness (QED) is 0.620. The van der Waals surface area contributed by atoms with Gasteiger partial charge in [-0.2, -0.15) is 0 Å². The maximum Gasteiger partial charge on any atom is 0.222 e. The molecule has 0 radical (unpaired) electrons. The Morgan fingerprint density at radius 2 is 1.86 bits per heavy atom. The van der Waals surface area contributed by atoms with E-state index in [1.807, 2.05) is 11.0 Å². The predicted molar refractivity (Wildman–Crippen MR) is 129 cm³/mol. The minimum atomic E-state index is -0.650. The van der Waals surface area contributed by atoms with Crippen LogP contribution in [0.3, 0.4) is 0 Å². The van der Waals surface area contributed by atoms with E-state index in [4.69, 9.17) is 4.74 Å². The Hall–Kier alpha value is -3.00. The highest BCUT2D eigenvalue weighted by atomic mass is 19.1. The maximum absolute atomic E-state index is 14.5. The van der Waals surface area contributed by atoms with E-state index in [1.165, 1.54) is 19.2 Å². The van der Waals surface area contributed by atoms with Gasteiger partial charge in [-0.3, -0.25) is 14.5 Å². The molecule has 0 saturated carbocycles. The van der Waals surface area contributed by atoms with E-state index in [2.05, 4.69) is 10.2 Å². The van der Waals surface area contributed by atoms with Crippen molar-refractivity contribution in [3.8, 4) is 5.75 Å². The smallest absolute Gasteiger partial charge is 0.222 e. The van der Waals surface area contributed by atoms with E-state index in [0.717, 1.165) is 13.0 Å². The maximum atomic E-state index is 14.5.